The average Bonchev–Trinajstić information content (AvgIpc) is 3.07. The van der Waals surface area contributed by atoms with Crippen LogP contribution in [0.25, 0.3) is 11.3 Å². The van der Waals surface area contributed by atoms with Crippen molar-refractivity contribution in [2.45, 2.75) is 45.8 Å². The van der Waals surface area contributed by atoms with E-state index in [1.165, 1.54) is 12.1 Å². The maximum absolute atomic E-state index is 12.8. The van der Waals surface area contributed by atoms with E-state index in [1.54, 1.807) is 6.92 Å². The predicted octanol–water partition coefficient (Wildman–Crippen LogP) is 5.90. The molecular weight excluding hydrogens is 393 g/mol. The van der Waals surface area contributed by atoms with Crippen LogP contribution >= 0.6 is 0 Å². The molecule has 30 heavy (non-hydrogen) atoms. The normalized spacial score (nSPS) is 12.1. The van der Waals surface area contributed by atoms with Crippen molar-refractivity contribution >= 4 is 5.91 Å². The molecule has 2 aromatic carbocycles. The third-order valence-electron chi connectivity index (χ3n) is 4.84. The molecule has 0 saturated carbocycles. The van der Waals surface area contributed by atoms with Crippen molar-refractivity contribution in [1.82, 2.24) is 10.5 Å². The maximum atomic E-state index is 12.8. The first-order valence-corrected chi connectivity index (χ1v) is 9.48. The Morgan fingerprint density at radius 2 is 1.53 bits per heavy atom. The molecule has 0 fully saturated rings. The van der Waals surface area contributed by atoms with Crippen LogP contribution in [0, 0.1) is 6.92 Å². The number of carbonyl (C=O) groups excluding carboxylic acids is 1. The van der Waals surface area contributed by atoms with Crippen LogP contribution in [-0.2, 0) is 18.1 Å². The fraction of sp³-hybridized carbons (Fsp3) is 0.304. The average molecular weight is 416 g/mol. The third kappa shape index (κ3) is 4.72. The number of rotatable bonds is 4. The van der Waals surface area contributed by atoms with Gasteiger partial charge >= 0.3 is 6.18 Å². The second-order valence-electron chi connectivity index (χ2n) is 8.18. The summed E-state index contributed by atoms with van der Waals surface area (Å²) in [6.07, 6.45) is -4.39. The minimum atomic E-state index is -4.39. The lowest BCUT2D eigenvalue weighted by Gasteiger charge is -2.18. The van der Waals surface area contributed by atoms with Gasteiger partial charge in [0.2, 0.25) is 0 Å². The van der Waals surface area contributed by atoms with E-state index in [0.717, 1.165) is 23.3 Å². The van der Waals surface area contributed by atoms with Crippen LogP contribution in [0.1, 0.15) is 53.5 Å². The molecule has 4 nitrogen and oxygen atoms in total. The molecule has 0 saturated heterocycles. The maximum Gasteiger partial charge on any atom is 0.416 e. The first-order valence-electron chi connectivity index (χ1n) is 9.48. The van der Waals surface area contributed by atoms with Crippen molar-refractivity contribution in [2.24, 2.45) is 0 Å². The molecule has 0 bridgehead atoms. The molecule has 0 atom stereocenters. The summed E-state index contributed by atoms with van der Waals surface area (Å²) in [4.78, 5) is 12.8. The minimum Gasteiger partial charge on any atom is -0.355 e. The molecule has 0 unspecified atom stereocenters. The summed E-state index contributed by atoms with van der Waals surface area (Å²) in [7, 11) is 0. The second-order valence-corrected chi connectivity index (χ2v) is 8.18. The van der Waals surface area contributed by atoms with Crippen molar-refractivity contribution in [3.05, 3.63) is 76.5 Å². The Kier molecular flexibility index (Phi) is 5.74. The van der Waals surface area contributed by atoms with Crippen LogP contribution in [0.4, 0.5) is 13.2 Å². The molecule has 0 aliphatic carbocycles. The van der Waals surface area contributed by atoms with Crippen LogP contribution in [-0.4, -0.2) is 11.1 Å². The summed E-state index contributed by atoms with van der Waals surface area (Å²) in [5, 5.41) is 6.64. The van der Waals surface area contributed by atoms with Gasteiger partial charge in [-0.05, 0) is 35.6 Å². The topological polar surface area (TPSA) is 55.1 Å². The molecule has 158 valence electrons. The Morgan fingerprint density at radius 3 is 2.07 bits per heavy atom. The van der Waals surface area contributed by atoms with Crippen LogP contribution < -0.4 is 5.32 Å². The largest absolute Gasteiger partial charge is 0.416 e. The summed E-state index contributed by atoms with van der Waals surface area (Å²) in [6.45, 7) is 8.09. The highest BCUT2D eigenvalue weighted by Crippen LogP contribution is 2.30. The van der Waals surface area contributed by atoms with Gasteiger partial charge < -0.3 is 9.84 Å². The zero-order chi connectivity index (χ0) is 22.1. The van der Waals surface area contributed by atoms with Gasteiger partial charge in [-0.25, -0.2) is 0 Å². The Hall–Kier alpha value is -3.09. The quantitative estimate of drug-likeness (QED) is 0.576. The van der Waals surface area contributed by atoms with E-state index in [1.807, 2.05) is 24.3 Å². The van der Waals surface area contributed by atoms with Gasteiger partial charge in [-0.15, -0.1) is 0 Å². The van der Waals surface area contributed by atoms with Gasteiger partial charge in [0.1, 0.15) is 5.56 Å². The first-order chi connectivity index (χ1) is 14.0. The number of halogens is 3. The molecule has 0 radical (unpaired) electrons. The molecule has 3 rings (SSSR count). The molecule has 0 aliphatic rings. The summed E-state index contributed by atoms with van der Waals surface area (Å²) in [5.41, 5.74) is 2.45. The van der Waals surface area contributed by atoms with E-state index >= 15 is 0 Å². The zero-order valence-electron chi connectivity index (χ0n) is 17.2. The van der Waals surface area contributed by atoms with Gasteiger partial charge in [-0.2, -0.15) is 13.2 Å². The highest BCUT2D eigenvalue weighted by molar-refractivity contribution is 6.00. The van der Waals surface area contributed by atoms with Crippen LogP contribution in [0.2, 0.25) is 0 Å². The highest BCUT2D eigenvalue weighted by Gasteiger charge is 2.30. The number of aryl methyl sites for hydroxylation is 1. The van der Waals surface area contributed by atoms with Crippen LogP contribution in [0.15, 0.2) is 53.1 Å². The number of amides is 1. The smallest absolute Gasteiger partial charge is 0.355 e. The van der Waals surface area contributed by atoms with Crippen molar-refractivity contribution in [1.29, 1.82) is 0 Å². The number of alkyl halides is 3. The fourth-order valence-electron chi connectivity index (χ4n) is 3.04. The minimum absolute atomic E-state index is 0.00225. The molecule has 7 heteroatoms. The van der Waals surface area contributed by atoms with Gasteiger partial charge in [0, 0.05) is 12.1 Å². The van der Waals surface area contributed by atoms with Crippen LogP contribution in [0.3, 0.4) is 0 Å². The summed E-state index contributed by atoms with van der Waals surface area (Å²) < 4.78 is 43.4. The Labute approximate surface area is 173 Å². The number of nitrogens with one attached hydrogen (secondary N) is 1. The van der Waals surface area contributed by atoms with Gasteiger partial charge in [-0.3, -0.25) is 4.79 Å². The number of benzene rings is 2. The standard InChI is InChI=1S/C23H23F3N2O2/c1-14-19(20(30-28-14)16-7-11-17(12-8-16)22(2,3)4)21(29)27-13-15-5-9-18(10-6-15)23(24,25)26/h5-12H,13H2,1-4H3,(H,27,29). The summed E-state index contributed by atoms with van der Waals surface area (Å²) >= 11 is 0. The molecule has 1 amide bonds. The van der Waals surface area contributed by atoms with Crippen molar-refractivity contribution in [2.75, 3.05) is 0 Å². The van der Waals surface area contributed by atoms with E-state index < -0.39 is 17.6 Å². The molecule has 3 aromatic rings. The predicted molar refractivity (Wildman–Crippen MR) is 108 cm³/mol. The third-order valence-corrected chi connectivity index (χ3v) is 4.84. The fourth-order valence-corrected chi connectivity index (χ4v) is 3.04. The van der Waals surface area contributed by atoms with Crippen molar-refractivity contribution < 1.29 is 22.5 Å². The summed E-state index contributed by atoms with van der Waals surface area (Å²) in [6, 6.07) is 12.4. The SMILES string of the molecule is Cc1noc(-c2ccc(C(C)(C)C)cc2)c1C(=O)NCc1ccc(C(F)(F)F)cc1. The first kappa shape index (κ1) is 21.6. The summed E-state index contributed by atoms with van der Waals surface area (Å²) in [5.74, 6) is -0.0403. The number of carbonyl (C=O) groups is 1. The number of hydrogen-bond acceptors (Lipinski definition) is 3. The molecule has 0 spiro atoms. The van der Waals surface area contributed by atoms with E-state index in [2.05, 4.69) is 31.2 Å². The lowest BCUT2D eigenvalue weighted by molar-refractivity contribution is -0.137. The molecule has 1 heterocycles. The zero-order valence-corrected chi connectivity index (χ0v) is 17.2. The number of aromatic nitrogens is 1. The van der Waals surface area contributed by atoms with Gasteiger partial charge in [-0.1, -0.05) is 62.3 Å². The molecular formula is C23H23F3N2O2. The highest BCUT2D eigenvalue weighted by atomic mass is 19.4. The lowest BCUT2D eigenvalue weighted by atomic mass is 9.86. The molecule has 1 N–H and O–H groups in total. The monoisotopic (exact) mass is 416 g/mol. The Bertz CT molecular complexity index is 1030. The Morgan fingerprint density at radius 1 is 0.967 bits per heavy atom. The molecule has 1 aromatic heterocycles. The lowest BCUT2D eigenvalue weighted by Crippen LogP contribution is -2.23. The van der Waals surface area contributed by atoms with E-state index in [9.17, 15) is 18.0 Å². The number of nitrogens with zero attached hydrogens (tertiary/aromatic N) is 1. The second kappa shape index (κ2) is 7.97. The van der Waals surface area contributed by atoms with Crippen molar-refractivity contribution in [3.63, 3.8) is 0 Å². The molecule has 0 aliphatic heterocycles. The van der Waals surface area contributed by atoms with E-state index in [-0.39, 0.29) is 12.0 Å². The van der Waals surface area contributed by atoms with Gasteiger partial charge in [0.05, 0.1) is 11.3 Å². The van der Waals surface area contributed by atoms with E-state index in [4.69, 9.17) is 4.52 Å². The Balaban J connectivity index is 1.77. The van der Waals surface area contributed by atoms with Gasteiger partial charge in [0.15, 0.2) is 5.76 Å². The number of hydrogen-bond donors (Lipinski definition) is 1. The van der Waals surface area contributed by atoms with Crippen molar-refractivity contribution in [3.8, 4) is 11.3 Å². The van der Waals surface area contributed by atoms with Gasteiger partial charge in [0.25, 0.3) is 5.91 Å². The van der Waals surface area contributed by atoms with Crippen LogP contribution in [0.5, 0.6) is 0 Å². The van der Waals surface area contributed by atoms with E-state index in [0.29, 0.717) is 22.6 Å².